The number of aromatic nitrogens is 5. The lowest BCUT2D eigenvalue weighted by Gasteiger charge is -2.24. The zero-order valence-electron chi connectivity index (χ0n) is 21.1. The van der Waals surface area contributed by atoms with Gasteiger partial charge in [0.1, 0.15) is 28.3 Å². The van der Waals surface area contributed by atoms with Gasteiger partial charge in [0.2, 0.25) is 5.95 Å². The Morgan fingerprint density at radius 3 is 2.36 bits per heavy atom. The van der Waals surface area contributed by atoms with Gasteiger partial charge in [0.05, 0.1) is 20.0 Å². The number of rotatable bonds is 9. The van der Waals surface area contributed by atoms with Crippen LogP contribution in [0.4, 0.5) is 5.95 Å². The molecule has 12 heteroatoms. The van der Waals surface area contributed by atoms with E-state index in [2.05, 4.69) is 38.7 Å². The van der Waals surface area contributed by atoms with Crippen LogP contribution >= 0.6 is 11.9 Å². The van der Waals surface area contributed by atoms with Crippen molar-refractivity contribution in [2.45, 2.75) is 56.5 Å². The third-order valence-corrected chi connectivity index (χ3v) is 9.68. The van der Waals surface area contributed by atoms with Gasteiger partial charge in [-0.3, -0.25) is 9.29 Å². The predicted octanol–water partition coefficient (Wildman–Crippen LogP) is 4.28. The minimum absolute atomic E-state index is 0.0541. The van der Waals surface area contributed by atoms with Crippen molar-refractivity contribution in [3.8, 4) is 17.2 Å². The molecule has 1 aliphatic heterocycles. The Balaban J connectivity index is 1.72. The molecule has 0 radical (unpaired) electrons. The van der Waals surface area contributed by atoms with Crippen molar-refractivity contribution in [3.63, 3.8) is 0 Å². The number of hydrogen-bond donors (Lipinski definition) is 1. The van der Waals surface area contributed by atoms with Gasteiger partial charge >= 0.3 is 0 Å². The van der Waals surface area contributed by atoms with Crippen LogP contribution in [0.1, 0.15) is 61.5 Å². The highest BCUT2D eigenvalue weighted by Gasteiger charge is 2.36. The Labute approximate surface area is 216 Å². The van der Waals surface area contributed by atoms with E-state index in [0.29, 0.717) is 41.8 Å². The van der Waals surface area contributed by atoms with E-state index < -0.39 is 15.1 Å². The number of nitrogens with zero attached hydrogens (tertiary/aromatic N) is 5. The first-order chi connectivity index (χ1) is 17.3. The van der Waals surface area contributed by atoms with Crippen LogP contribution in [0.15, 0.2) is 30.6 Å². The van der Waals surface area contributed by atoms with E-state index in [-0.39, 0.29) is 16.9 Å². The number of anilines is 1. The third kappa shape index (κ3) is 5.29. The molecule has 0 saturated carbocycles. The quantitative estimate of drug-likeness (QED) is 0.400. The standard InChI is InChI=1S/C24H32N6O4S2/c1-15-13-25-22(26-14-15)16(2)17(3)35-29-24-28-27-23(20-11-6-7-12-36(20,31)32)30(24)21-18(33-4)9-8-10-19(21)34-5/h8-10,13-14,16-17,20H,6-7,11-12H2,1-5H3,(H,28,29). The molecule has 194 valence electrons. The molecule has 3 aromatic rings. The average molecular weight is 533 g/mol. The number of para-hydroxylation sites is 1. The second-order valence-corrected chi connectivity index (χ2v) is 12.4. The fourth-order valence-electron chi connectivity index (χ4n) is 4.18. The molecule has 3 heterocycles. The second kappa shape index (κ2) is 11.0. The summed E-state index contributed by atoms with van der Waals surface area (Å²) in [6, 6.07) is 5.41. The Morgan fingerprint density at radius 1 is 1.08 bits per heavy atom. The highest BCUT2D eigenvalue weighted by Crippen LogP contribution is 2.41. The van der Waals surface area contributed by atoms with Gasteiger partial charge in [-0.2, -0.15) is 0 Å². The summed E-state index contributed by atoms with van der Waals surface area (Å²) in [5, 5.41) is 8.06. The summed E-state index contributed by atoms with van der Waals surface area (Å²) < 4.78 is 42.4. The first-order valence-corrected chi connectivity index (χ1v) is 14.4. The molecule has 1 saturated heterocycles. The van der Waals surface area contributed by atoms with Crippen LogP contribution in [0.5, 0.6) is 11.5 Å². The van der Waals surface area contributed by atoms with E-state index in [1.165, 1.54) is 11.9 Å². The van der Waals surface area contributed by atoms with Gasteiger partial charge in [-0.05, 0) is 49.4 Å². The third-order valence-electron chi connectivity index (χ3n) is 6.43. The number of methoxy groups -OCH3 is 2. The first-order valence-electron chi connectivity index (χ1n) is 11.8. The minimum atomic E-state index is -3.37. The summed E-state index contributed by atoms with van der Waals surface area (Å²) in [6.07, 6.45) is 5.57. The van der Waals surface area contributed by atoms with Gasteiger partial charge in [-0.1, -0.05) is 26.3 Å². The van der Waals surface area contributed by atoms with E-state index in [9.17, 15) is 8.42 Å². The highest BCUT2D eigenvalue weighted by atomic mass is 32.2. The molecule has 1 fully saturated rings. The molecule has 36 heavy (non-hydrogen) atoms. The van der Waals surface area contributed by atoms with Gasteiger partial charge in [0.15, 0.2) is 15.7 Å². The molecule has 1 aromatic carbocycles. The summed E-state index contributed by atoms with van der Waals surface area (Å²) in [6.45, 7) is 6.09. The van der Waals surface area contributed by atoms with Gasteiger partial charge in [-0.25, -0.2) is 18.4 Å². The molecule has 3 unspecified atom stereocenters. The Hall–Kier alpha value is -2.86. The summed E-state index contributed by atoms with van der Waals surface area (Å²) in [5.41, 5.74) is 1.56. The van der Waals surface area contributed by atoms with Crippen molar-refractivity contribution >= 4 is 27.7 Å². The lowest BCUT2D eigenvalue weighted by molar-refractivity contribution is 0.390. The van der Waals surface area contributed by atoms with Crippen molar-refractivity contribution in [1.29, 1.82) is 0 Å². The van der Waals surface area contributed by atoms with Crippen LogP contribution < -0.4 is 14.2 Å². The van der Waals surface area contributed by atoms with Gasteiger partial charge in [0, 0.05) is 23.6 Å². The largest absolute Gasteiger partial charge is 0.494 e. The number of sulfone groups is 1. The minimum Gasteiger partial charge on any atom is -0.494 e. The Kier molecular flexibility index (Phi) is 8.04. The van der Waals surface area contributed by atoms with Crippen molar-refractivity contribution in [2.75, 3.05) is 24.7 Å². The molecule has 0 bridgehead atoms. The Morgan fingerprint density at radius 2 is 1.75 bits per heavy atom. The molecule has 2 aromatic heterocycles. The number of benzene rings is 1. The van der Waals surface area contributed by atoms with Crippen LogP contribution in [0.25, 0.3) is 5.69 Å². The zero-order chi connectivity index (χ0) is 25.9. The van der Waals surface area contributed by atoms with Crippen molar-refractivity contribution < 1.29 is 17.9 Å². The molecule has 4 rings (SSSR count). The van der Waals surface area contributed by atoms with Crippen LogP contribution in [-0.4, -0.2) is 58.4 Å². The summed E-state index contributed by atoms with van der Waals surface area (Å²) in [5.74, 6) is 2.72. The van der Waals surface area contributed by atoms with Crippen LogP contribution in [0, 0.1) is 6.92 Å². The maximum Gasteiger partial charge on any atom is 0.239 e. The summed E-state index contributed by atoms with van der Waals surface area (Å²) in [7, 11) is -0.249. The number of aryl methyl sites for hydroxylation is 1. The van der Waals surface area contributed by atoms with Crippen LogP contribution in [-0.2, 0) is 9.84 Å². The maximum atomic E-state index is 13.0. The topological polar surface area (TPSA) is 121 Å². The van der Waals surface area contributed by atoms with Crippen molar-refractivity contribution in [1.82, 2.24) is 24.7 Å². The molecule has 0 amide bonds. The second-order valence-electron chi connectivity index (χ2n) is 8.91. The molecular formula is C24H32N6O4S2. The Bertz CT molecular complexity index is 1270. The summed E-state index contributed by atoms with van der Waals surface area (Å²) in [4.78, 5) is 8.92. The van der Waals surface area contributed by atoms with Gasteiger partial charge in [-0.15, -0.1) is 10.2 Å². The van der Waals surface area contributed by atoms with Crippen LogP contribution in [0.3, 0.4) is 0 Å². The molecule has 3 atom stereocenters. The lowest BCUT2D eigenvalue weighted by atomic mass is 10.1. The number of hydrogen-bond acceptors (Lipinski definition) is 10. The number of nitrogens with one attached hydrogen (secondary N) is 1. The van der Waals surface area contributed by atoms with E-state index in [1.807, 2.05) is 25.4 Å². The normalized spacial score (nSPS) is 18.9. The predicted molar refractivity (Wildman–Crippen MR) is 141 cm³/mol. The van der Waals surface area contributed by atoms with Crippen LogP contribution in [0.2, 0.25) is 0 Å². The SMILES string of the molecule is COc1cccc(OC)c1-n1c(NSC(C)C(C)c2ncc(C)cn2)nnc1C1CCCCS1(=O)=O. The average Bonchev–Trinajstić information content (AvgIpc) is 3.29. The van der Waals surface area contributed by atoms with Crippen molar-refractivity contribution in [2.24, 2.45) is 0 Å². The van der Waals surface area contributed by atoms with Crippen molar-refractivity contribution in [3.05, 3.63) is 47.8 Å². The molecule has 1 aliphatic rings. The zero-order valence-corrected chi connectivity index (χ0v) is 22.8. The molecule has 0 spiro atoms. The fraction of sp³-hybridized carbons (Fsp3) is 0.500. The maximum absolute atomic E-state index is 13.0. The molecule has 1 N–H and O–H groups in total. The number of ether oxygens (including phenoxy) is 2. The van der Waals surface area contributed by atoms with E-state index >= 15 is 0 Å². The lowest BCUT2D eigenvalue weighted by Crippen LogP contribution is -2.25. The summed E-state index contributed by atoms with van der Waals surface area (Å²) >= 11 is 1.45. The molecule has 0 aliphatic carbocycles. The molecule has 10 nitrogen and oxygen atoms in total. The first kappa shape index (κ1) is 26.2. The molecular weight excluding hydrogens is 500 g/mol. The fourth-order valence-corrected chi connectivity index (χ4v) is 6.82. The van der Waals surface area contributed by atoms with E-state index in [1.54, 1.807) is 30.9 Å². The van der Waals surface area contributed by atoms with E-state index in [0.717, 1.165) is 17.8 Å². The monoisotopic (exact) mass is 532 g/mol. The highest BCUT2D eigenvalue weighted by molar-refractivity contribution is 8.01. The van der Waals surface area contributed by atoms with E-state index in [4.69, 9.17) is 9.47 Å². The van der Waals surface area contributed by atoms with Gasteiger partial charge in [0.25, 0.3) is 0 Å². The smallest absolute Gasteiger partial charge is 0.239 e. The van der Waals surface area contributed by atoms with Gasteiger partial charge < -0.3 is 9.47 Å².